The first-order valence-electron chi connectivity index (χ1n) is 9.12. The van der Waals surface area contributed by atoms with Crippen LogP contribution >= 0.6 is 0 Å². The molecule has 0 N–H and O–H groups in total. The molecule has 0 spiro atoms. The lowest BCUT2D eigenvalue weighted by atomic mass is 10.1. The van der Waals surface area contributed by atoms with Gasteiger partial charge in [0, 0.05) is 5.39 Å². The van der Waals surface area contributed by atoms with E-state index in [1.165, 1.54) is 30.3 Å². The Labute approximate surface area is 173 Å². The molecule has 0 aliphatic rings. The fraction of sp³-hybridized carbons (Fsp3) is 0.0435. The smallest absolute Gasteiger partial charge is 0.349 e. The molecule has 0 saturated heterocycles. The summed E-state index contributed by atoms with van der Waals surface area (Å²) in [6, 6.07) is 22.1. The second-order valence-corrected chi connectivity index (χ2v) is 8.50. The number of rotatable bonds is 4. The average molecular weight is 419 g/mol. The molecule has 1 aromatic heterocycles. The quantitative estimate of drug-likeness (QED) is 0.464. The van der Waals surface area contributed by atoms with E-state index in [1.54, 1.807) is 54.6 Å². The van der Waals surface area contributed by atoms with Gasteiger partial charge in [-0.05, 0) is 43.3 Å². The lowest BCUT2D eigenvalue weighted by Gasteiger charge is -2.22. The standard InChI is InChI=1S/C23H17NO5S/c1-16-11-13-19(14-12-16)30(27,28)24(18-8-3-2-4-9-18)22(25)20-15-17-7-5-6-10-21(17)29-23(20)26/h2-15H,1H3. The van der Waals surface area contributed by atoms with Crippen molar-refractivity contribution >= 4 is 32.6 Å². The molecule has 1 amide bonds. The van der Waals surface area contributed by atoms with Crippen molar-refractivity contribution in [3.8, 4) is 0 Å². The van der Waals surface area contributed by atoms with Crippen LogP contribution < -0.4 is 9.93 Å². The lowest BCUT2D eigenvalue weighted by Crippen LogP contribution is -2.39. The molecule has 1 heterocycles. The number of nitrogens with zero attached hydrogens (tertiary/aromatic N) is 1. The summed E-state index contributed by atoms with van der Waals surface area (Å²) in [6.45, 7) is 1.83. The third kappa shape index (κ3) is 3.51. The van der Waals surface area contributed by atoms with Gasteiger partial charge in [0.1, 0.15) is 11.1 Å². The molecule has 0 fully saturated rings. The van der Waals surface area contributed by atoms with E-state index in [4.69, 9.17) is 4.42 Å². The zero-order valence-corrected chi connectivity index (χ0v) is 16.8. The van der Waals surface area contributed by atoms with Crippen LogP contribution in [0.15, 0.2) is 99.0 Å². The van der Waals surface area contributed by atoms with Gasteiger partial charge in [-0.3, -0.25) is 4.79 Å². The molecule has 0 aliphatic carbocycles. The molecular formula is C23H17NO5S. The van der Waals surface area contributed by atoms with Gasteiger partial charge in [-0.25, -0.2) is 13.2 Å². The van der Waals surface area contributed by atoms with Gasteiger partial charge >= 0.3 is 5.63 Å². The van der Waals surface area contributed by atoms with E-state index in [0.29, 0.717) is 15.3 Å². The number of benzene rings is 3. The Morgan fingerprint density at radius 3 is 2.20 bits per heavy atom. The maximum absolute atomic E-state index is 13.4. The highest BCUT2D eigenvalue weighted by atomic mass is 32.2. The van der Waals surface area contributed by atoms with Crippen LogP contribution in [-0.2, 0) is 10.0 Å². The van der Waals surface area contributed by atoms with Crippen LogP contribution in [0, 0.1) is 6.92 Å². The maximum atomic E-state index is 13.4. The molecule has 0 bridgehead atoms. The molecule has 4 aromatic rings. The molecule has 7 heteroatoms. The average Bonchev–Trinajstić information content (AvgIpc) is 2.74. The lowest BCUT2D eigenvalue weighted by molar-refractivity contribution is 0.100. The van der Waals surface area contributed by atoms with Crippen LogP contribution in [0.4, 0.5) is 5.69 Å². The summed E-state index contributed by atoms with van der Waals surface area (Å²) in [6.07, 6.45) is 0. The van der Waals surface area contributed by atoms with E-state index in [0.717, 1.165) is 5.56 Å². The summed E-state index contributed by atoms with van der Waals surface area (Å²) >= 11 is 0. The second-order valence-electron chi connectivity index (χ2n) is 6.71. The molecule has 0 radical (unpaired) electrons. The van der Waals surface area contributed by atoms with Crippen LogP contribution in [0.5, 0.6) is 0 Å². The zero-order chi connectivity index (χ0) is 21.3. The minimum Gasteiger partial charge on any atom is -0.422 e. The van der Waals surface area contributed by atoms with Crippen LogP contribution in [0.2, 0.25) is 0 Å². The van der Waals surface area contributed by atoms with E-state index in [2.05, 4.69) is 0 Å². The summed E-state index contributed by atoms with van der Waals surface area (Å²) in [5.74, 6) is -0.985. The van der Waals surface area contributed by atoms with Crippen molar-refractivity contribution in [3.05, 3.63) is 106 Å². The van der Waals surface area contributed by atoms with Gasteiger partial charge in [-0.15, -0.1) is 0 Å². The first-order valence-corrected chi connectivity index (χ1v) is 10.6. The summed E-state index contributed by atoms with van der Waals surface area (Å²) in [5, 5.41) is 0.515. The van der Waals surface area contributed by atoms with Crippen molar-refractivity contribution in [1.82, 2.24) is 0 Å². The van der Waals surface area contributed by atoms with Crippen molar-refractivity contribution in [2.75, 3.05) is 4.31 Å². The zero-order valence-electron chi connectivity index (χ0n) is 16.0. The van der Waals surface area contributed by atoms with Gasteiger partial charge < -0.3 is 4.42 Å². The van der Waals surface area contributed by atoms with E-state index in [-0.39, 0.29) is 16.1 Å². The van der Waals surface area contributed by atoms with Gasteiger partial charge in [-0.1, -0.05) is 54.1 Å². The number of amides is 1. The van der Waals surface area contributed by atoms with Crippen LogP contribution in [-0.4, -0.2) is 14.3 Å². The Hall–Kier alpha value is -3.71. The molecule has 3 aromatic carbocycles. The molecule has 0 saturated carbocycles. The molecule has 0 atom stereocenters. The number of hydrogen-bond acceptors (Lipinski definition) is 5. The second kappa shape index (κ2) is 7.61. The Morgan fingerprint density at radius 1 is 0.867 bits per heavy atom. The van der Waals surface area contributed by atoms with Crippen molar-refractivity contribution in [3.63, 3.8) is 0 Å². The Balaban J connectivity index is 1.91. The number of anilines is 1. The molecule has 0 unspecified atom stereocenters. The number of sulfonamides is 1. The molecule has 30 heavy (non-hydrogen) atoms. The maximum Gasteiger partial charge on any atom is 0.349 e. The third-order valence-corrected chi connectivity index (χ3v) is 6.33. The Morgan fingerprint density at radius 2 is 1.50 bits per heavy atom. The van der Waals surface area contributed by atoms with Gasteiger partial charge in [0.25, 0.3) is 15.9 Å². The largest absolute Gasteiger partial charge is 0.422 e. The van der Waals surface area contributed by atoms with Crippen molar-refractivity contribution in [1.29, 1.82) is 0 Å². The van der Waals surface area contributed by atoms with Gasteiger partial charge in [0.2, 0.25) is 0 Å². The topological polar surface area (TPSA) is 84.7 Å². The van der Waals surface area contributed by atoms with Gasteiger partial charge in [0.15, 0.2) is 0 Å². The monoisotopic (exact) mass is 419 g/mol. The molecular weight excluding hydrogens is 402 g/mol. The number of aryl methyl sites for hydroxylation is 1. The van der Waals surface area contributed by atoms with Crippen LogP contribution in [0.3, 0.4) is 0 Å². The highest BCUT2D eigenvalue weighted by Crippen LogP contribution is 2.26. The minimum atomic E-state index is -4.29. The van der Waals surface area contributed by atoms with E-state index < -0.39 is 21.6 Å². The fourth-order valence-corrected chi connectivity index (χ4v) is 4.47. The normalized spacial score (nSPS) is 11.4. The van der Waals surface area contributed by atoms with Crippen molar-refractivity contribution in [2.45, 2.75) is 11.8 Å². The number of para-hydroxylation sites is 2. The van der Waals surface area contributed by atoms with Crippen LogP contribution in [0.1, 0.15) is 15.9 Å². The molecule has 4 rings (SSSR count). The Bertz CT molecular complexity index is 1390. The van der Waals surface area contributed by atoms with E-state index >= 15 is 0 Å². The Kier molecular flexibility index (Phi) is 4.97. The molecule has 6 nitrogen and oxygen atoms in total. The first-order chi connectivity index (χ1) is 14.4. The summed E-state index contributed by atoms with van der Waals surface area (Å²) < 4.78 is 32.7. The first kappa shape index (κ1) is 19.6. The van der Waals surface area contributed by atoms with Gasteiger partial charge in [-0.2, -0.15) is 4.31 Å². The third-order valence-electron chi connectivity index (χ3n) is 4.61. The molecule has 150 valence electrons. The van der Waals surface area contributed by atoms with Crippen molar-refractivity contribution in [2.24, 2.45) is 0 Å². The SMILES string of the molecule is Cc1ccc(S(=O)(=O)N(C(=O)c2cc3ccccc3oc2=O)c2ccccc2)cc1. The predicted octanol–water partition coefficient (Wildman–Crippen LogP) is 4.14. The number of carbonyl (C=O) groups excluding carboxylic acids is 1. The van der Waals surface area contributed by atoms with E-state index in [9.17, 15) is 18.0 Å². The number of carbonyl (C=O) groups is 1. The number of hydrogen-bond donors (Lipinski definition) is 0. The van der Waals surface area contributed by atoms with Crippen LogP contribution in [0.25, 0.3) is 11.0 Å². The number of fused-ring (bicyclic) bond motifs is 1. The predicted molar refractivity (Wildman–Crippen MR) is 114 cm³/mol. The van der Waals surface area contributed by atoms with Crippen molar-refractivity contribution < 1.29 is 17.6 Å². The van der Waals surface area contributed by atoms with Gasteiger partial charge in [0.05, 0.1) is 10.6 Å². The highest BCUT2D eigenvalue weighted by molar-refractivity contribution is 7.93. The summed E-state index contributed by atoms with van der Waals surface area (Å²) in [7, 11) is -4.29. The fourth-order valence-electron chi connectivity index (χ4n) is 3.06. The summed E-state index contributed by atoms with van der Waals surface area (Å²) in [4.78, 5) is 25.8. The highest BCUT2D eigenvalue weighted by Gasteiger charge is 2.33. The van der Waals surface area contributed by atoms with E-state index in [1.807, 2.05) is 6.92 Å². The summed E-state index contributed by atoms with van der Waals surface area (Å²) in [5.41, 5.74) is 0.0380. The minimum absolute atomic E-state index is 0.0597. The molecule has 0 aliphatic heterocycles.